The van der Waals surface area contributed by atoms with Crippen LogP contribution in [0.4, 0.5) is 5.69 Å². The lowest BCUT2D eigenvalue weighted by molar-refractivity contribution is -0.136. The van der Waals surface area contributed by atoms with E-state index < -0.39 is 29.7 Å². The van der Waals surface area contributed by atoms with Crippen molar-refractivity contribution < 1.29 is 52.8 Å². The predicted molar refractivity (Wildman–Crippen MR) is 218 cm³/mol. The molecule has 3 aliphatic heterocycles. The van der Waals surface area contributed by atoms with Gasteiger partial charge < -0.3 is 34.1 Å². The van der Waals surface area contributed by atoms with Gasteiger partial charge in [-0.15, -0.1) is 0 Å². The predicted octanol–water partition coefficient (Wildman–Crippen LogP) is 4.88. The lowest BCUT2D eigenvalue weighted by Gasteiger charge is -2.27. The van der Waals surface area contributed by atoms with Gasteiger partial charge in [0.15, 0.2) is 5.78 Å². The van der Waals surface area contributed by atoms with Crippen LogP contribution in [0.15, 0.2) is 54.6 Å². The van der Waals surface area contributed by atoms with Crippen LogP contribution in [0.2, 0.25) is 5.02 Å². The number of nitrogens with one attached hydrogen (secondary N) is 2. The summed E-state index contributed by atoms with van der Waals surface area (Å²) < 4.78 is 28.2. The average Bonchev–Trinajstić information content (AvgIpc) is 3.76. The maximum Gasteiger partial charge on any atom is 0.266 e. The van der Waals surface area contributed by atoms with Crippen LogP contribution >= 0.6 is 11.6 Å². The van der Waals surface area contributed by atoms with E-state index in [0.29, 0.717) is 62.5 Å². The minimum absolute atomic E-state index is 0.0376. The number of halogens is 1. The van der Waals surface area contributed by atoms with Crippen LogP contribution in [-0.2, 0) is 30.3 Å². The number of aromatic hydroxyl groups is 1. The highest BCUT2D eigenvalue weighted by atomic mass is 35.5. The van der Waals surface area contributed by atoms with E-state index in [2.05, 4.69) is 15.5 Å². The first-order valence-corrected chi connectivity index (χ1v) is 20.1. The van der Waals surface area contributed by atoms with E-state index in [1.165, 1.54) is 18.2 Å². The van der Waals surface area contributed by atoms with Gasteiger partial charge in [0, 0.05) is 55.0 Å². The first kappa shape index (κ1) is 43.3. The number of methoxy groups -OCH3 is 1. The van der Waals surface area contributed by atoms with Crippen LogP contribution in [0.5, 0.6) is 17.2 Å². The summed E-state index contributed by atoms with van der Waals surface area (Å²) in [6, 6.07) is 12.5. The van der Waals surface area contributed by atoms with E-state index in [1.807, 2.05) is 13.0 Å². The van der Waals surface area contributed by atoms with Crippen LogP contribution in [0, 0.1) is 0 Å². The molecule has 4 amide bonds. The molecule has 3 aliphatic rings. The molecule has 3 aromatic rings. The first-order valence-electron chi connectivity index (χ1n) is 19.7. The van der Waals surface area contributed by atoms with Crippen molar-refractivity contribution in [2.45, 2.75) is 51.2 Å². The van der Waals surface area contributed by atoms with E-state index in [1.54, 1.807) is 43.5 Å². The number of fused-ring (bicyclic) bond motifs is 1. The number of ketones is 1. The number of benzene rings is 3. The fourth-order valence-electron chi connectivity index (χ4n) is 7.36. The standard InChI is InChI=1S/C43H49ClN4O11/c1-3-58-38-24-36(50)32(22-28(38)25-47-16-5-6-30(47)26-55-2)35(49)13-10-27-9-11-29(23-33(27)44)45-15-17-56-18-19-57-20-21-59-37-8-4-7-31-40(37)43(54)48(42(31)53)34-12-14-39(51)46-41(34)52/h4,7-11,13,22-24,30,34,45,50H,3,5-6,12,14-21,25-26H2,1-2H3,(H,46,51,52)/b13-10+/t30-,34?/m0/s1. The van der Waals surface area contributed by atoms with Gasteiger partial charge in [0.05, 0.1) is 56.3 Å². The zero-order valence-electron chi connectivity index (χ0n) is 33.1. The van der Waals surface area contributed by atoms with Gasteiger partial charge in [0.2, 0.25) is 11.8 Å². The molecule has 15 nitrogen and oxygen atoms in total. The van der Waals surface area contributed by atoms with E-state index in [0.717, 1.165) is 35.5 Å². The third-order valence-electron chi connectivity index (χ3n) is 10.3. The van der Waals surface area contributed by atoms with Gasteiger partial charge in [-0.1, -0.05) is 23.7 Å². The van der Waals surface area contributed by atoms with Crippen LogP contribution < -0.4 is 20.1 Å². The first-order chi connectivity index (χ1) is 28.6. The summed E-state index contributed by atoms with van der Waals surface area (Å²) >= 11 is 6.56. The largest absolute Gasteiger partial charge is 0.507 e. The number of imide groups is 2. The van der Waals surface area contributed by atoms with Gasteiger partial charge in [-0.2, -0.15) is 0 Å². The molecule has 0 bridgehead atoms. The number of amides is 4. The molecule has 0 radical (unpaired) electrons. The molecular formula is C43H49ClN4O11. The third kappa shape index (κ3) is 10.7. The molecule has 0 aliphatic carbocycles. The summed E-state index contributed by atoms with van der Waals surface area (Å²) in [6.45, 7) is 6.25. The lowest BCUT2D eigenvalue weighted by Crippen LogP contribution is -2.54. The maximum absolute atomic E-state index is 13.3. The van der Waals surface area contributed by atoms with Crippen molar-refractivity contribution in [2.75, 3.05) is 71.8 Å². The Balaban J connectivity index is 0.900. The normalized spacial score (nSPS) is 18.1. The Bertz CT molecular complexity index is 2070. The van der Waals surface area contributed by atoms with Gasteiger partial charge in [0.25, 0.3) is 11.8 Å². The van der Waals surface area contributed by atoms with Crippen molar-refractivity contribution >= 4 is 52.8 Å². The van der Waals surface area contributed by atoms with Gasteiger partial charge in [-0.05, 0) is 80.8 Å². The minimum Gasteiger partial charge on any atom is -0.507 e. The zero-order valence-corrected chi connectivity index (χ0v) is 33.9. The number of ether oxygens (including phenoxy) is 5. The van der Waals surface area contributed by atoms with Crippen molar-refractivity contribution in [3.8, 4) is 17.2 Å². The molecule has 6 rings (SSSR count). The van der Waals surface area contributed by atoms with E-state index in [9.17, 15) is 29.1 Å². The van der Waals surface area contributed by atoms with Crippen LogP contribution in [0.1, 0.15) is 74.8 Å². The fourth-order valence-corrected chi connectivity index (χ4v) is 7.60. The third-order valence-corrected chi connectivity index (χ3v) is 10.6. The van der Waals surface area contributed by atoms with Gasteiger partial charge in [-0.3, -0.25) is 39.1 Å². The smallest absolute Gasteiger partial charge is 0.266 e. The Morgan fingerprint density at radius 1 is 0.966 bits per heavy atom. The SMILES string of the molecule is CCOc1cc(O)c(C(=O)/C=C/c2ccc(NCCOCCOCCOc3cccc4c3C(=O)N(C3CCC(=O)NC3=O)C4=O)cc2Cl)cc1CN1CCC[C@H]1COC. The number of rotatable bonds is 21. The number of hydrogen-bond donors (Lipinski definition) is 3. The molecule has 3 N–H and O–H groups in total. The number of anilines is 1. The molecule has 2 fully saturated rings. The van der Waals surface area contributed by atoms with E-state index in [-0.39, 0.29) is 66.1 Å². The summed E-state index contributed by atoms with van der Waals surface area (Å²) in [6.07, 6.45) is 5.23. The molecule has 0 aromatic heterocycles. The second kappa shape index (κ2) is 20.6. The topological polar surface area (TPSA) is 182 Å². The summed E-state index contributed by atoms with van der Waals surface area (Å²) in [7, 11) is 1.70. The highest BCUT2D eigenvalue weighted by Crippen LogP contribution is 2.35. The molecular weight excluding hydrogens is 784 g/mol. The average molecular weight is 833 g/mol. The van der Waals surface area contributed by atoms with Crippen molar-refractivity contribution in [1.82, 2.24) is 15.1 Å². The number of hydrogen-bond acceptors (Lipinski definition) is 13. The van der Waals surface area contributed by atoms with Crippen molar-refractivity contribution in [3.63, 3.8) is 0 Å². The van der Waals surface area contributed by atoms with Crippen molar-refractivity contribution in [1.29, 1.82) is 0 Å². The second-order valence-corrected chi connectivity index (χ2v) is 14.6. The molecule has 314 valence electrons. The molecule has 2 atom stereocenters. The number of carbonyl (C=O) groups excluding carboxylic acids is 5. The maximum atomic E-state index is 13.3. The number of phenolic OH excluding ortho intramolecular Hbond substituents is 1. The zero-order chi connectivity index (χ0) is 41.9. The highest BCUT2D eigenvalue weighted by molar-refractivity contribution is 6.32. The Labute approximate surface area is 347 Å². The van der Waals surface area contributed by atoms with Crippen molar-refractivity contribution in [3.05, 3.63) is 87.4 Å². The number of phenols is 1. The number of piperidine rings is 1. The number of allylic oxidation sites excluding steroid dienone is 1. The summed E-state index contributed by atoms with van der Waals surface area (Å²) in [5.41, 5.74) is 2.65. The quantitative estimate of drug-likeness (QED) is 0.0573. The Morgan fingerprint density at radius 3 is 2.53 bits per heavy atom. The van der Waals surface area contributed by atoms with Gasteiger partial charge in [-0.25, -0.2) is 0 Å². The molecule has 3 heterocycles. The van der Waals surface area contributed by atoms with E-state index >= 15 is 0 Å². The van der Waals surface area contributed by atoms with Crippen LogP contribution in [0.25, 0.3) is 6.08 Å². The number of carbonyl (C=O) groups is 5. The Kier molecular flexibility index (Phi) is 15.1. The number of nitrogens with zero attached hydrogens (tertiary/aromatic N) is 2. The monoisotopic (exact) mass is 832 g/mol. The van der Waals surface area contributed by atoms with E-state index in [4.69, 9.17) is 35.3 Å². The highest BCUT2D eigenvalue weighted by Gasteiger charge is 2.46. The fraction of sp³-hybridized carbons (Fsp3) is 0.419. The van der Waals surface area contributed by atoms with Crippen LogP contribution in [0.3, 0.4) is 0 Å². The molecule has 2 saturated heterocycles. The minimum atomic E-state index is -1.06. The van der Waals surface area contributed by atoms with Gasteiger partial charge >= 0.3 is 0 Å². The molecule has 0 saturated carbocycles. The Morgan fingerprint density at radius 2 is 1.76 bits per heavy atom. The summed E-state index contributed by atoms with van der Waals surface area (Å²) in [5.74, 6) is -2.10. The second-order valence-electron chi connectivity index (χ2n) is 14.2. The lowest BCUT2D eigenvalue weighted by atomic mass is 10.0. The summed E-state index contributed by atoms with van der Waals surface area (Å²) in [5, 5.41) is 16.6. The summed E-state index contributed by atoms with van der Waals surface area (Å²) in [4.78, 5) is 66.6. The van der Waals surface area contributed by atoms with Crippen molar-refractivity contribution in [2.24, 2.45) is 0 Å². The molecule has 0 spiro atoms. The molecule has 59 heavy (non-hydrogen) atoms. The van der Waals surface area contributed by atoms with Crippen LogP contribution in [-0.4, -0.2) is 123 Å². The number of likely N-dealkylation sites (tertiary alicyclic amines) is 1. The molecule has 1 unspecified atom stereocenters. The Hall–Kier alpha value is -5.32. The van der Waals surface area contributed by atoms with Gasteiger partial charge in [0.1, 0.15) is 29.9 Å². The molecule has 16 heteroatoms. The molecule has 3 aromatic carbocycles.